The summed E-state index contributed by atoms with van der Waals surface area (Å²) in [6, 6.07) is 7.24. The first-order chi connectivity index (χ1) is 8.65. The van der Waals surface area contributed by atoms with Crippen LogP contribution in [0.15, 0.2) is 24.3 Å². The smallest absolute Gasteiger partial charge is 0.315 e. The van der Waals surface area contributed by atoms with Crippen molar-refractivity contribution in [2.75, 3.05) is 13.7 Å². The fourth-order valence-electron chi connectivity index (χ4n) is 1.51. The summed E-state index contributed by atoms with van der Waals surface area (Å²) in [5.41, 5.74) is 0.972. The Morgan fingerprint density at radius 3 is 2.94 bits per heavy atom. The highest BCUT2D eigenvalue weighted by Crippen LogP contribution is 2.11. The number of aliphatic hydroxyl groups excluding tert-OH is 1. The summed E-state index contributed by atoms with van der Waals surface area (Å²) < 4.78 is 5.10. The van der Waals surface area contributed by atoms with Crippen molar-refractivity contribution in [2.24, 2.45) is 0 Å². The minimum Gasteiger partial charge on any atom is -0.497 e. The highest BCUT2D eigenvalue weighted by molar-refractivity contribution is 5.74. The fraction of sp³-hybridized carbons (Fsp3) is 0.462. The summed E-state index contributed by atoms with van der Waals surface area (Å²) >= 11 is 0. The minimum atomic E-state index is -0.237. The van der Waals surface area contributed by atoms with Crippen molar-refractivity contribution in [3.8, 4) is 5.75 Å². The minimum absolute atomic E-state index is 0.0414. The third-order valence-corrected chi connectivity index (χ3v) is 2.53. The van der Waals surface area contributed by atoms with Crippen LogP contribution < -0.4 is 15.4 Å². The Bertz CT molecular complexity index is 382. The van der Waals surface area contributed by atoms with Gasteiger partial charge in [-0.2, -0.15) is 0 Å². The van der Waals surface area contributed by atoms with Gasteiger partial charge in [-0.25, -0.2) is 4.79 Å². The molecule has 5 heteroatoms. The van der Waals surface area contributed by atoms with Crippen LogP contribution in [0, 0.1) is 0 Å². The molecule has 0 aliphatic heterocycles. The summed E-state index contributed by atoms with van der Waals surface area (Å²) in [5, 5.41) is 14.2. The lowest BCUT2D eigenvalue weighted by Gasteiger charge is -2.13. The molecular weight excluding hydrogens is 232 g/mol. The Morgan fingerprint density at radius 2 is 2.28 bits per heavy atom. The van der Waals surface area contributed by atoms with E-state index in [9.17, 15) is 4.79 Å². The molecule has 0 aliphatic rings. The van der Waals surface area contributed by atoms with Crippen molar-refractivity contribution >= 4 is 6.03 Å². The van der Waals surface area contributed by atoms with Crippen molar-refractivity contribution in [2.45, 2.75) is 25.9 Å². The van der Waals surface area contributed by atoms with Gasteiger partial charge in [0.05, 0.1) is 7.11 Å². The lowest BCUT2D eigenvalue weighted by atomic mass is 10.2. The highest BCUT2D eigenvalue weighted by Gasteiger charge is 2.06. The Kier molecular flexibility index (Phi) is 6.00. The summed E-state index contributed by atoms with van der Waals surface area (Å²) in [4.78, 5) is 11.5. The van der Waals surface area contributed by atoms with Crippen molar-refractivity contribution in [1.82, 2.24) is 10.6 Å². The average Bonchev–Trinajstić information content (AvgIpc) is 2.37. The van der Waals surface area contributed by atoms with Crippen LogP contribution in [0.2, 0.25) is 0 Å². The number of nitrogens with one attached hydrogen (secondary N) is 2. The van der Waals surface area contributed by atoms with Crippen LogP contribution in [0.25, 0.3) is 0 Å². The van der Waals surface area contributed by atoms with Crippen LogP contribution in [0.5, 0.6) is 5.75 Å². The number of methoxy groups -OCH3 is 1. The van der Waals surface area contributed by atoms with Crippen LogP contribution in [-0.4, -0.2) is 30.9 Å². The standard InChI is InChI=1S/C13H20N2O3/c1-10(6-7-16)15-13(17)14-9-11-4-3-5-12(8-11)18-2/h3-5,8,10,16H,6-7,9H2,1-2H3,(H2,14,15,17)/t10-/m1/s1. The molecular formula is C13H20N2O3. The normalized spacial score (nSPS) is 11.7. The molecule has 0 aromatic heterocycles. The van der Waals surface area contributed by atoms with Gasteiger partial charge in [-0.15, -0.1) is 0 Å². The topological polar surface area (TPSA) is 70.6 Å². The molecule has 0 spiro atoms. The van der Waals surface area contributed by atoms with Crippen LogP contribution in [0.3, 0.4) is 0 Å². The Hall–Kier alpha value is -1.75. The second kappa shape index (κ2) is 7.55. The van der Waals surface area contributed by atoms with Gasteiger partial charge in [0.1, 0.15) is 5.75 Å². The van der Waals surface area contributed by atoms with Crippen LogP contribution in [0.1, 0.15) is 18.9 Å². The molecule has 2 amide bonds. The third kappa shape index (κ3) is 5.05. The van der Waals surface area contributed by atoms with E-state index in [1.165, 1.54) is 0 Å². The molecule has 0 radical (unpaired) electrons. The number of carbonyl (C=O) groups excluding carboxylic acids is 1. The molecule has 100 valence electrons. The third-order valence-electron chi connectivity index (χ3n) is 2.53. The second-order valence-corrected chi connectivity index (χ2v) is 4.09. The maximum Gasteiger partial charge on any atom is 0.315 e. The van der Waals surface area contributed by atoms with Gasteiger partial charge in [0.25, 0.3) is 0 Å². The molecule has 0 saturated carbocycles. The molecule has 1 aromatic rings. The number of benzene rings is 1. The number of aliphatic hydroxyl groups is 1. The van der Waals surface area contributed by atoms with E-state index >= 15 is 0 Å². The Balaban J connectivity index is 2.37. The Morgan fingerprint density at radius 1 is 1.50 bits per heavy atom. The Labute approximate surface area is 107 Å². The zero-order chi connectivity index (χ0) is 13.4. The predicted molar refractivity (Wildman–Crippen MR) is 69.5 cm³/mol. The molecule has 0 bridgehead atoms. The molecule has 0 saturated heterocycles. The van der Waals surface area contributed by atoms with Gasteiger partial charge in [0, 0.05) is 19.2 Å². The summed E-state index contributed by atoms with van der Waals surface area (Å²) in [6.45, 7) is 2.35. The number of urea groups is 1. The first kappa shape index (κ1) is 14.3. The van der Waals surface area contributed by atoms with Gasteiger partial charge in [0.2, 0.25) is 0 Å². The zero-order valence-electron chi connectivity index (χ0n) is 10.8. The van der Waals surface area contributed by atoms with E-state index < -0.39 is 0 Å². The van der Waals surface area contributed by atoms with Gasteiger partial charge in [-0.1, -0.05) is 12.1 Å². The quantitative estimate of drug-likeness (QED) is 0.714. The molecule has 5 nitrogen and oxygen atoms in total. The monoisotopic (exact) mass is 252 g/mol. The van der Waals surface area contributed by atoms with Crippen LogP contribution in [0.4, 0.5) is 4.79 Å². The fourth-order valence-corrected chi connectivity index (χ4v) is 1.51. The highest BCUT2D eigenvalue weighted by atomic mass is 16.5. The zero-order valence-corrected chi connectivity index (χ0v) is 10.8. The van der Waals surface area contributed by atoms with E-state index in [0.717, 1.165) is 11.3 Å². The van der Waals surface area contributed by atoms with Crippen molar-refractivity contribution in [3.05, 3.63) is 29.8 Å². The summed E-state index contributed by atoms with van der Waals surface area (Å²) in [5.74, 6) is 0.767. The molecule has 18 heavy (non-hydrogen) atoms. The summed E-state index contributed by atoms with van der Waals surface area (Å²) in [6.07, 6.45) is 0.548. The molecule has 3 N–H and O–H groups in total. The van der Waals surface area contributed by atoms with Gasteiger partial charge < -0.3 is 20.5 Å². The first-order valence-electron chi connectivity index (χ1n) is 5.94. The van der Waals surface area contributed by atoms with E-state index in [1.54, 1.807) is 7.11 Å². The second-order valence-electron chi connectivity index (χ2n) is 4.09. The number of ether oxygens (including phenoxy) is 1. The lowest BCUT2D eigenvalue weighted by molar-refractivity contribution is 0.230. The van der Waals surface area contributed by atoms with Crippen molar-refractivity contribution in [1.29, 1.82) is 0 Å². The SMILES string of the molecule is COc1cccc(CNC(=O)N[C@H](C)CCO)c1. The molecule has 1 aromatic carbocycles. The van der Waals surface area contributed by atoms with E-state index in [1.807, 2.05) is 31.2 Å². The maximum absolute atomic E-state index is 11.5. The maximum atomic E-state index is 11.5. The number of rotatable bonds is 6. The van der Waals surface area contributed by atoms with Gasteiger partial charge in [-0.05, 0) is 31.0 Å². The van der Waals surface area contributed by atoms with E-state index in [2.05, 4.69) is 10.6 Å². The number of amides is 2. The molecule has 0 heterocycles. The molecule has 1 rings (SSSR count). The van der Waals surface area contributed by atoms with E-state index in [0.29, 0.717) is 13.0 Å². The predicted octanol–water partition coefficient (Wildman–Crippen LogP) is 1.27. The molecule has 1 atom stereocenters. The van der Waals surface area contributed by atoms with Gasteiger partial charge in [0.15, 0.2) is 0 Å². The average molecular weight is 252 g/mol. The van der Waals surface area contributed by atoms with Crippen molar-refractivity contribution in [3.63, 3.8) is 0 Å². The first-order valence-corrected chi connectivity index (χ1v) is 5.94. The van der Waals surface area contributed by atoms with Crippen LogP contribution >= 0.6 is 0 Å². The van der Waals surface area contributed by atoms with Crippen molar-refractivity contribution < 1.29 is 14.6 Å². The van der Waals surface area contributed by atoms with Gasteiger partial charge >= 0.3 is 6.03 Å². The number of hydrogen-bond acceptors (Lipinski definition) is 3. The summed E-state index contributed by atoms with van der Waals surface area (Å²) in [7, 11) is 1.61. The van der Waals surface area contributed by atoms with Crippen LogP contribution in [-0.2, 0) is 6.54 Å². The number of carbonyl (C=O) groups is 1. The van der Waals surface area contributed by atoms with E-state index in [-0.39, 0.29) is 18.7 Å². The molecule has 0 unspecified atom stereocenters. The van der Waals surface area contributed by atoms with Gasteiger partial charge in [-0.3, -0.25) is 0 Å². The molecule has 0 aliphatic carbocycles. The molecule has 0 fully saturated rings. The lowest BCUT2D eigenvalue weighted by Crippen LogP contribution is -2.40. The number of hydrogen-bond donors (Lipinski definition) is 3. The van der Waals surface area contributed by atoms with E-state index in [4.69, 9.17) is 9.84 Å². The largest absolute Gasteiger partial charge is 0.497 e.